The molecule has 0 unspecified atom stereocenters. The zero-order chi connectivity index (χ0) is 27.5. The maximum atomic E-state index is 13.9. The van der Waals surface area contributed by atoms with E-state index < -0.39 is 78.8 Å². The van der Waals surface area contributed by atoms with Crippen molar-refractivity contribution in [1.29, 1.82) is 0 Å². The molecule has 6 atom stereocenters. The second-order valence-corrected chi connectivity index (χ2v) is 10.1. The Kier molecular flexibility index (Phi) is 7.89. The Morgan fingerprint density at radius 2 is 1.97 bits per heavy atom. The van der Waals surface area contributed by atoms with E-state index in [-0.39, 0.29) is 46.5 Å². The van der Waals surface area contributed by atoms with E-state index in [4.69, 9.17) is 14.2 Å². The van der Waals surface area contributed by atoms with Crippen molar-refractivity contribution in [3.05, 3.63) is 46.5 Å². The highest BCUT2D eigenvalue weighted by molar-refractivity contribution is 6.30. The number of ether oxygens (including phenoxy) is 3. The number of aromatic hydroxyl groups is 1. The van der Waals surface area contributed by atoms with Crippen LogP contribution in [-0.2, 0) is 14.3 Å². The summed E-state index contributed by atoms with van der Waals surface area (Å²) in [4.78, 5) is 40.3. The molecule has 1 aliphatic heterocycles. The number of methoxy groups -OCH3 is 1. The number of fused-ring (bicyclic) bond motifs is 2. The van der Waals surface area contributed by atoms with Gasteiger partial charge in [-0.3, -0.25) is 14.4 Å². The number of hydrogen-bond donors (Lipinski definition) is 5. The van der Waals surface area contributed by atoms with Gasteiger partial charge in [-0.15, -0.1) is 0 Å². The van der Waals surface area contributed by atoms with Crippen LogP contribution in [0, 0.1) is 0 Å². The number of aliphatic hydroxyl groups excluding tert-OH is 2. The summed E-state index contributed by atoms with van der Waals surface area (Å²) in [7, 11) is 1.42. The average molecular weight is 564 g/mol. The Labute approximate surface area is 229 Å². The van der Waals surface area contributed by atoms with Gasteiger partial charge in [0.2, 0.25) is 0 Å². The maximum absolute atomic E-state index is 13.9. The lowest BCUT2D eigenvalue weighted by Gasteiger charge is -2.42. The van der Waals surface area contributed by atoms with Gasteiger partial charge < -0.3 is 52.8 Å². The van der Waals surface area contributed by atoms with Crippen molar-refractivity contribution >= 4 is 28.1 Å². The van der Waals surface area contributed by atoms with Crippen LogP contribution in [0.15, 0.2) is 35.4 Å². The number of rotatable bonds is 5. The number of halogens is 1. The van der Waals surface area contributed by atoms with E-state index in [1.165, 1.54) is 13.2 Å². The third-order valence-electron chi connectivity index (χ3n) is 7.76. The smallest absolute Gasteiger partial charge is 0.196 e. The van der Waals surface area contributed by atoms with Crippen LogP contribution in [0.3, 0.4) is 0 Å². The Bertz CT molecular complexity index is 1380. The van der Waals surface area contributed by atoms with Crippen molar-refractivity contribution in [1.82, 2.24) is 0 Å². The number of phenols is 1. The lowest BCUT2D eigenvalue weighted by molar-refractivity contribution is -0.466. The largest absolute Gasteiger partial charge is 1.00 e. The molecule has 11 nitrogen and oxygen atoms in total. The molecule has 2 aliphatic carbocycles. The highest BCUT2D eigenvalue weighted by Crippen LogP contribution is 2.47. The Morgan fingerprint density at radius 3 is 2.62 bits per heavy atom. The van der Waals surface area contributed by atoms with Crippen molar-refractivity contribution < 1.29 is 67.2 Å². The van der Waals surface area contributed by atoms with Gasteiger partial charge in [-0.2, -0.15) is 0 Å². The predicted molar refractivity (Wildman–Crippen MR) is 131 cm³/mol. The summed E-state index contributed by atoms with van der Waals surface area (Å²) >= 11 is 0. The molecule has 1 heterocycles. The van der Waals surface area contributed by atoms with Crippen molar-refractivity contribution in [2.75, 3.05) is 13.7 Å². The SMILES string of the molecule is COc1cccc2cc3c(c(O)c12)C(=O)C1=C(C[C@@](O)(C(=O)CO)C[C@@H]1O[C@@H]1C[C@@H]([NH3+])[C@@H](O)[C@@H](C)O1)C3=O.[Cl-]. The molecule has 1 fully saturated rings. The summed E-state index contributed by atoms with van der Waals surface area (Å²) in [5.74, 6) is -2.35. The van der Waals surface area contributed by atoms with Crippen molar-refractivity contribution in [2.24, 2.45) is 0 Å². The molecule has 39 heavy (non-hydrogen) atoms. The molecule has 1 saturated heterocycles. The predicted octanol–water partition coefficient (Wildman–Crippen LogP) is -3.19. The fourth-order valence-corrected chi connectivity index (χ4v) is 5.72. The molecule has 2 aromatic carbocycles. The molecule has 0 bridgehead atoms. The number of aliphatic hydroxyl groups is 3. The minimum Gasteiger partial charge on any atom is -1.00 e. The normalized spacial score (nSPS) is 30.5. The first-order valence-electron chi connectivity index (χ1n) is 12.3. The number of Topliss-reactive ketones (excluding diaryl/α,β-unsaturated/α-hetero) is 3. The minimum atomic E-state index is -2.17. The molecule has 210 valence electrons. The van der Waals surface area contributed by atoms with Gasteiger partial charge in [-0.05, 0) is 24.4 Å². The average Bonchev–Trinajstić information content (AvgIpc) is 2.88. The number of benzene rings is 2. The molecule has 2 aromatic rings. The van der Waals surface area contributed by atoms with Crippen LogP contribution in [0.2, 0.25) is 0 Å². The van der Waals surface area contributed by atoms with Gasteiger partial charge in [0, 0.05) is 29.6 Å². The van der Waals surface area contributed by atoms with Gasteiger partial charge in [-0.25, -0.2) is 0 Å². The standard InChI is InChI=1S/C27H29NO10.ClH/c1-11-23(31)15(28)7-19(37-11)38-17-9-27(35,18(30)10-29)8-14-21(17)26(34)22-13(24(14)32)6-12-4-3-5-16(36-2)20(12)25(22)33;/h3-6,11,15,17,19,23,29,31,33,35H,7-10,28H2,1-2H3;1H/t11-,15-,17+,19-,23+,27+;/m1./s1. The van der Waals surface area contributed by atoms with Crippen molar-refractivity contribution in [3.8, 4) is 11.5 Å². The third-order valence-corrected chi connectivity index (χ3v) is 7.76. The molecular formula is C27H30ClNO10. The Morgan fingerprint density at radius 1 is 1.26 bits per heavy atom. The number of phenolic OH excluding ortho intramolecular Hbond substituents is 1. The molecule has 12 heteroatoms. The van der Waals surface area contributed by atoms with Gasteiger partial charge in [0.05, 0.1) is 36.7 Å². The van der Waals surface area contributed by atoms with E-state index in [0.717, 1.165) is 0 Å². The number of carbonyl (C=O) groups is 3. The molecule has 7 N–H and O–H groups in total. The molecule has 0 aromatic heterocycles. The van der Waals surface area contributed by atoms with E-state index >= 15 is 0 Å². The fourth-order valence-electron chi connectivity index (χ4n) is 5.72. The lowest BCUT2D eigenvalue weighted by atomic mass is 9.69. The maximum Gasteiger partial charge on any atom is 0.196 e. The number of ketones is 3. The topological polar surface area (TPSA) is 187 Å². The Balaban J connectivity index is 0.00000353. The van der Waals surface area contributed by atoms with Crippen LogP contribution >= 0.6 is 0 Å². The molecule has 0 amide bonds. The van der Waals surface area contributed by atoms with Crippen LogP contribution in [0.1, 0.15) is 46.9 Å². The van der Waals surface area contributed by atoms with Crippen LogP contribution < -0.4 is 22.9 Å². The monoisotopic (exact) mass is 563 g/mol. The van der Waals surface area contributed by atoms with Crippen LogP contribution in [-0.4, -0.2) is 87.7 Å². The summed E-state index contributed by atoms with van der Waals surface area (Å²) in [6, 6.07) is 5.96. The van der Waals surface area contributed by atoms with E-state index in [1.807, 2.05) is 0 Å². The molecule has 0 saturated carbocycles. The van der Waals surface area contributed by atoms with Gasteiger partial charge in [0.1, 0.15) is 35.9 Å². The van der Waals surface area contributed by atoms with Crippen LogP contribution in [0.4, 0.5) is 0 Å². The zero-order valence-corrected chi connectivity index (χ0v) is 22.1. The highest BCUT2D eigenvalue weighted by atomic mass is 35.5. The molecule has 0 spiro atoms. The summed E-state index contributed by atoms with van der Waals surface area (Å²) in [6.07, 6.45) is -4.49. The zero-order valence-electron chi connectivity index (χ0n) is 21.3. The summed E-state index contributed by atoms with van der Waals surface area (Å²) in [5, 5.41) is 42.9. The van der Waals surface area contributed by atoms with E-state index in [0.29, 0.717) is 11.1 Å². The number of hydrogen-bond acceptors (Lipinski definition) is 10. The second-order valence-electron chi connectivity index (χ2n) is 10.1. The minimum absolute atomic E-state index is 0. The highest BCUT2D eigenvalue weighted by Gasteiger charge is 2.52. The summed E-state index contributed by atoms with van der Waals surface area (Å²) < 4.78 is 17.2. The molecule has 3 aliphatic rings. The first kappa shape index (κ1) is 29.1. The molecular weight excluding hydrogens is 534 g/mol. The Hall–Kier alpha value is -2.90. The fraction of sp³-hybridized carbons (Fsp3) is 0.444. The lowest BCUT2D eigenvalue weighted by Crippen LogP contribution is -3.00. The van der Waals surface area contributed by atoms with Crippen LogP contribution in [0.25, 0.3) is 10.8 Å². The van der Waals surface area contributed by atoms with E-state index in [2.05, 4.69) is 5.73 Å². The van der Waals surface area contributed by atoms with E-state index in [9.17, 15) is 34.8 Å². The third kappa shape index (κ3) is 4.63. The van der Waals surface area contributed by atoms with Gasteiger partial charge in [-0.1, -0.05) is 12.1 Å². The van der Waals surface area contributed by atoms with Crippen LogP contribution in [0.5, 0.6) is 11.5 Å². The first-order chi connectivity index (χ1) is 18.0. The van der Waals surface area contributed by atoms with Gasteiger partial charge >= 0.3 is 0 Å². The molecule has 0 radical (unpaired) electrons. The quantitative estimate of drug-likeness (QED) is 0.248. The van der Waals surface area contributed by atoms with Gasteiger partial charge in [0.25, 0.3) is 0 Å². The number of carbonyl (C=O) groups excluding carboxylic acids is 3. The van der Waals surface area contributed by atoms with Crippen molar-refractivity contribution in [2.45, 2.75) is 62.4 Å². The summed E-state index contributed by atoms with van der Waals surface area (Å²) in [6.45, 7) is 0.664. The second kappa shape index (κ2) is 10.6. The van der Waals surface area contributed by atoms with Gasteiger partial charge in [0.15, 0.2) is 23.6 Å². The number of quaternary nitrogens is 1. The first-order valence-corrected chi connectivity index (χ1v) is 12.3. The van der Waals surface area contributed by atoms with E-state index in [1.54, 1.807) is 25.1 Å². The summed E-state index contributed by atoms with van der Waals surface area (Å²) in [5.41, 5.74) is 1.23. The van der Waals surface area contributed by atoms with Crippen molar-refractivity contribution in [3.63, 3.8) is 0 Å². The molecule has 5 rings (SSSR count).